The molecule has 0 bridgehead atoms. The van der Waals surface area contributed by atoms with Gasteiger partial charge in [-0.1, -0.05) is 0 Å². The van der Waals surface area contributed by atoms with Crippen LogP contribution in [0.25, 0.3) is 0 Å². The lowest BCUT2D eigenvalue weighted by Gasteiger charge is -2.13. The Kier molecular flexibility index (Phi) is 3.64. The fraction of sp³-hybridized carbons (Fsp3) is 0.833. The van der Waals surface area contributed by atoms with Crippen LogP contribution in [0, 0.1) is 0 Å². The van der Waals surface area contributed by atoms with E-state index in [9.17, 15) is 13.0 Å². The van der Waals surface area contributed by atoms with E-state index in [2.05, 4.69) is 4.74 Å². The first kappa shape index (κ1) is 10.5. The van der Waals surface area contributed by atoms with Crippen molar-refractivity contribution in [2.75, 3.05) is 0 Å². The highest BCUT2D eigenvalue weighted by atomic mass is 28.4. The second-order valence-electron chi connectivity index (χ2n) is 2.69. The van der Waals surface area contributed by atoms with E-state index >= 15 is 0 Å². The molecule has 1 atom stereocenters. The lowest BCUT2D eigenvalue weighted by molar-refractivity contribution is -0.144. The molecule has 0 aliphatic heterocycles. The maximum Gasteiger partial charge on any atom is 0.425 e. The van der Waals surface area contributed by atoms with Crippen LogP contribution in [-0.2, 0) is 9.53 Å². The molecule has 2 nitrogen and oxygen atoms in total. The molecule has 0 saturated carbocycles. The van der Waals surface area contributed by atoms with Crippen molar-refractivity contribution < 1.29 is 17.7 Å². The summed E-state index contributed by atoms with van der Waals surface area (Å²) in [6, 6.07) is -0.285. The third kappa shape index (κ3) is 7.44. The van der Waals surface area contributed by atoms with Crippen LogP contribution in [0.5, 0.6) is 0 Å². The van der Waals surface area contributed by atoms with Gasteiger partial charge in [0.05, 0.1) is 0 Å². The summed E-state index contributed by atoms with van der Waals surface area (Å²) >= 11 is 0. The van der Waals surface area contributed by atoms with E-state index in [1.807, 2.05) is 0 Å². The molecule has 0 spiro atoms. The fourth-order valence-corrected chi connectivity index (χ4v) is 1.92. The van der Waals surface area contributed by atoms with Gasteiger partial charge in [-0.15, -0.1) is 0 Å². The number of rotatable bonds is 3. The van der Waals surface area contributed by atoms with Crippen molar-refractivity contribution in [2.24, 2.45) is 0 Å². The van der Waals surface area contributed by atoms with Crippen molar-refractivity contribution in [1.82, 2.24) is 0 Å². The monoisotopic (exact) mass is 182 g/mol. The second-order valence-corrected chi connectivity index (χ2v) is 5.24. The van der Waals surface area contributed by atoms with Gasteiger partial charge >= 0.3 is 14.7 Å². The highest BCUT2D eigenvalue weighted by Crippen LogP contribution is 2.16. The molecule has 0 fully saturated rings. The summed E-state index contributed by atoms with van der Waals surface area (Å²) in [6.07, 6.45) is -0.654. The summed E-state index contributed by atoms with van der Waals surface area (Å²) in [4.78, 5) is 10.3. The fourth-order valence-electron chi connectivity index (χ4n) is 0.830. The number of hydrogen-bond acceptors (Lipinski definition) is 2. The Balaban J connectivity index is 3.69. The van der Waals surface area contributed by atoms with Gasteiger partial charge in [0, 0.05) is 13.0 Å². The van der Waals surface area contributed by atoms with Gasteiger partial charge in [0.25, 0.3) is 0 Å². The van der Waals surface area contributed by atoms with Crippen molar-refractivity contribution in [2.45, 2.75) is 32.5 Å². The minimum Gasteiger partial charge on any atom is -0.463 e. The zero-order valence-corrected chi connectivity index (χ0v) is 7.86. The van der Waals surface area contributed by atoms with Gasteiger partial charge in [-0.3, -0.25) is 13.0 Å². The molecule has 0 rings (SSSR count). The first-order valence-electron chi connectivity index (χ1n) is 3.36. The molecular weight excluding hydrogens is 170 g/mol. The molecule has 0 aliphatic rings. The van der Waals surface area contributed by atoms with E-state index < -0.39 is 20.8 Å². The maximum atomic E-state index is 12.4. The Morgan fingerprint density at radius 3 is 2.36 bits per heavy atom. The van der Waals surface area contributed by atoms with Crippen molar-refractivity contribution in [3.63, 3.8) is 0 Å². The predicted molar refractivity (Wildman–Crippen MR) is 39.9 cm³/mol. The topological polar surface area (TPSA) is 26.3 Å². The van der Waals surface area contributed by atoms with E-state index in [4.69, 9.17) is 0 Å². The van der Waals surface area contributed by atoms with Crippen LogP contribution >= 0.6 is 0 Å². The number of hydrogen-bond donors (Lipinski definition) is 0. The molecule has 11 heavy (non-hydrogen) atoms. The number of carbonyl (C=O) groups is 1. The molecule has 0 saturated heterocycles. The van der Waals surface area contributed by atoms with Crippen LogP contribution in [-0.4, -0.2) is 20.8 Å². The van der Waals surface area contributed by atoms with Crippen LogP contribution < -0.4 is 0 Å². The summed E-state index contributed by atoms with van der Waals surface area (Å²) in [5.41, 5.74) is 0. The summed E-state index contributed by atoms with van der Waals surface area (Å²) in [6.45, 7) is 3.63. The predicted octanol–water partition coefficient (Wildman–Crippen LogP) is 1.95. The molecule has 0 radical (unpaired) electrons. The first-order chi connectivity index (χ1) is 4.81. The van der Waals surface area contributed by atoms with Crippen LogP contribution in [0.1, 0.15) is 13.8 Å². The van der Waals surface area contributed by atoms with E-state index in [1.54, 1.807) is 0 Å². The van der Waals surface area contributed by atoms with E-state index in [0.29, 0.717) is 0 Å². The molecule has 0 aromatic rings. The number of carbonyl (C=O) groups excluding carboxylic acids is 1. The summed E-state index contributed by atoms with van der Waals surface area (Å²) in [5.74, 6) is -0.504. The summed E-state index contributed by atoms with van der Waals surface area (Å²) < 4.78 is 29.3. The van der Waals surface area contributed by atoms with Crippen LogP contribution in [0.15, 0.2) is 0 Å². The van der Waals surface area contributed by atoms with Gasteiger partial charge in [-0.2, -0.15) is 0 Å². The highest BCUT2D eigenvalue weighted by molar-refractivity contribution is 6.64. The quantitative estimate of drug-likeness (QED) is 0.379. The van der Waals surface area contributed by atoms with E-state index in [-0.39, 0.29) is 6.04 Å². The molecule has 1 unspecified atom stereocenters. The third-order valence-electron chi connectivity index (χ3n) is 1.01. The van der Waals surface area contributed by atoms with Crippen molar-refractivity contribution in [3.8, 4) is 0 Å². The summed E-state index contributed by atoms with van der Waals surface area (Å²) in [7, 11) is -4.06. The lowest BCUT2D eigenvalue weighted by atomic mass is 10.5. The highest BCUT2D eigenvalue weighted by Gasteiger charge is 2.31. The molecule has 66 valence electrons. The average Bonchev–Trinajstić information content (AvgIpc) is 1.53. The van der Waals surface area contributed by atoms with Gasteiger partial charge < -0.3 is 4.74 Å². The standard InChI is InChI=1S/C6H12F2O2Si/c1-5(10-6(2)9)4-11(3,7)8/h5H,4H2,1-3H3. The minimum absolute atomic E-state index is 0.285. The Hall–Kier alpha value is -0.453. The van der Waals surface area contributed by atoms with E-state index in [1.165, 1.54) is 13.8 Å². The van der Waals surface area contributed by atoms with Crippen molar-refractivity contribution in [1.29, 1.82) is 0 Å². The maximum absolute atomic E-state index is 12.4. The lowest BCUT2D eigenvalue weighted by Crippen LogP contribution is -2.25. The first-order valence-corrected chi connectivity index (χ1v) is 5.82. The molecule has 0 aromatic carbocycles. The zero-order chi connectivity index (χ0) is 9.07. The van der Waals surface area contributed by atoms with Gasteiger partial charge in [-0.25, -0.2) is 0 Å². The molecule has 0 amide bonds. The van der Waals surface area contributed by atoms with Gasteiger partial charge in [0.15, 0.2) is 0 Å². The SMILES string of the molecule is CC(=O)OC(C)C[Si](C)(F)F. The molecule has 0 aliphatic carbocycles. The molecular formula is C6H12F2O2Si. The number of ether oxygens (including phenoxy) is 1. The molecule has 0 aromatic heterocycles. The Morgan fingerprint density at radius 1 is 1.64 bits per heavy atom. The molecule has 0 N–H and O–H groups in total. The number of halogens is 2. The Labute approximate surface area is 65.9 Å². The third-order valence-corrected chi connectivity index (χ3v) is 2.30. The smallest absolute Gasteiger partial charge is 0.425 e. The van der Waals surface area contributed by atoms with Crippen molar-refractivity contribution in [3.05, 3.63) is 0 Å². The zero-order valence-electron chi connectivity index (χ0n) is 6.86. The van der Waals surface area contributed by atoms with E-state index in [0.717, 1.165) is 6.55 Å². The van der Waals surface area contributed by atoms with Crippen LogP contribution in [0.2, 0.25) is 12.6 Å². The van der Waals surface area contributed by atoms with Gasteiger partial charge in [-0.05, 0) is 13.5 Å². The van der Waals surface area contributed by atoms with Gasteiger partial charge in [0.1, 0.15) is 6.10 Å². The Morgan fingerprint density at radius 2 is 2.09 bits per heavy atom. The molecule has 0 heterocycles. The van der Waals surface area contributed by atoms with Crippen molar-refractivity contribution >= 4 is 14.7 Å². The van der Waals surface area contributed by atoms with Crippen LogP contribution in [0.3, 0.4) is 0 Å². The Bertz CT molecular complexity index is 144. The van der Waals surface area contributed by atoms with Gasteiger partial charge in [0.2, 0.25) is 0 Å². The van der Waals surface area contributed by atoms with Crippen LogP contribution in [0.4, 0.5) is 8.22 Å². The largest absolute Gasteiger partial charge is 0.463 e. The summed E-state index contributed by atoms with van der Waals surface area (Å²) in [5, 5.41) is 0. The normalized spacial score (nSPS) is 14.3. The second kappa shape index (κ2) is 3.80. The molecule has 5 heteroatoms. The number of esters is 1. The minimum atomic E-state index is -4.06. The average molecular weight is 182 g/mol.